The molecule has 0 N–H and O–H groups in total. The van der Waals surface area contributed by atoms with Crippen molar-refractivity contribution in [3.8, 4) is 0 Å². The molecule has 0 radical (unpaired) electrons. The summed E-state index contributed by atoms with van der Waals surface area (Å²) in [6.45, 7) is 6.58. The van der Waals surface area contributed by atoms with Crippen LogP contribution < -0.4 is 0 Å². The lowest BCUT2D eigenvalue weighted by Gasteiger charge is -2.37. The highest BCUT2D eigenvalue weighted by Crippen LogP contribution is 2.31. The van der Waals surface area contributed by atoms with Crippen molar-refractivity contribution in [1.82, 2.24) is 19.4 Å². The molecule has 1 atom stereocenters. The van der Waals surface area contributed by atoms with E-state index in [-0.39, 0.29) is 11.8 Å². The van der Waals surface area contributed by atoms with Crippen molar-refractivity contribution in [1.29, 1.82) is 0 Å². The van der Waals surface area contributed by atoms with Crippen LogP contribution in [0, 0.1) is 5.92 Å². The fraction of sp³-hybridized carbons (Fsp3) is 0.579. The van der Waals surface area contributed by atoms with Gasteiger partial charge in [-0.3, -0.25) is 9.69 Å². The van der Waals surface area contributed by atoms with Gasteiger partial charge in [0.05, 0.1) is 23.6 Å². The van der Waals surface area contributed by atoms with Crippen LogP contribution in [0.15, 0.2) is 23.2 Å². The molecule has 25 heavy (non-hydrogen) atoms. The Morgan fingerprint density at radius 1 is 1.36 bits per heavy atom. The number of nitrogens with zero attached hydrogens (tertiary/aromatic N) is 4. The van der Waals surface area contributed by atoms with E-state index >= 15 is 0 Å². The van der Waals surface area contributed by atoms with Crippen molar-refractivity contribution in [3.63, 3.8) is 0 Å². The van der Waals surface area contributed by atoms with E-state index in [0.717, 1.165) is 62.9 Å². The van der Waals surface area contributed by atoms with Crippen LogP contribution in [0.5, 0.6) is 0 Å². The van der Waals surface area contributed by atoms with Gasteiger partial charge in [0.1, 0.15) is 0 Å². The molecule has 2 aliphatic rings. The molecule has 4 heterocycles. The Bertz CT molecular complexity index is 731. The first-order valence-electron chi connectivity index (χ1n) is 9.14. The highest BCUT2D eigenvalue weighted by molar-refractivity contribution is 7.07. The number of imidazole rings is 1. The third-order valence-corrected chi connectivity index (χ3v) is 6.32. The first kappa shape index (κ1) is 16.8. The van der Waals surface area contributed by atoms with Crippen LogP contribution in [0.2, 0.25) is 0 Å². The number of carbonyl (C=O) groups excluding carboxylic acids is 1. The van der Waals surface area contributed by atoms with Crippen LogP contribution in [0.3, 0.4) is 0 Å². The summed E-state index contributed by atoms with van der Waals surface area (Å²) >= 11 is 1.73. The highest BCUT2D eigenvalue weighted by Gasteiger charge is 2.36. The fourth-order valence-corrected chi connectivity index (χ4v) is 4.74. The van der Waals surface area contributed by atoms with Crippen molar-refractivity contribution in [2.24, 2.45) is 13.0 Å². The van der Waals surface area contributed by atoms with Crippen LogP contribution >= 0.6 is 11.3 Å². The number of fused-ring (bicyclic) bond motifs is 1. The van der Waals surface area contributed by atoms with Gasteiger partial charge in [-0.2, -0.15) is 11.3 Å². The Morgan fingerprint density at radius 2 is 2.16 bits per heavy atom. The number of thiophene rings is 1. The number of hydrogen-bond acceptors (Lipinski definition) is 4. The van der Waals surface area contributed by atoms with E-state index in [1.54, 1.807) is 11.3 Å². The Balaban J connectivity index is 1.56. The normalized spacial score (nSPS) is 22.2. The summed E-state index contributed by atoms with van der Waals surface area (Å²) in [6.07, 6.45) is 4.10. The third kappa shape index (κ3) is 3.37. The van der Waals surface area contributed by atoms with Gasteiger partial charge >= 0.3 is 0 Å². The number of piperidine rings is 1. The van der Waals surface area contributed by atoms with Crippen LogP contribution in [-0.2, 0) is 24.9 Å². The van der Waals surface area contributed by atoms with Crippen molar-refractivity contribution < 1.29 is 4.79 Å². The molecule has 1 saturated heterocycles. The quantitative estimate of drug-likeness (QED) is 0.847. The lowest BCUT2D eigenvalue weighted by molar-refractivity contribution is -0.135. The van der Waals surface area contributed by atoms with Crippen molar-refractivity contribution in [2.75, 3.05) is 19.6 Å². The monoisotopic (exact) mass is 358 g/mol. The minimum Gasteiger partial charge on any atom is -0.342 e. The molecular weight excluding hydrogens is 332 g/mol. The first-order chi connectivity index (χ1) is 12.1. The van der Waals surface area contributed by atoms with E-state index < -0.39 is 0 Å². The molecule has 1 unspecified atom stereocenters. The average molecular weight is 359 g/mol. The molecule has 0 aliphatic carbocycles. The fourth-order valence-electron chi connectivity index (χ4n) is 4.08. The van der Waals surface area contributed by atoms with Crippen LogP contribution in [0.25, 0.3) is 0 Å². The Labute approximate surface area is 153 Å². The minimum absolute atomic E-state index is 0.0942. The maximum Gasteiger partial charge on any atom is 0.233 e. The zero-order valence-electron chi connectivity index (χ0n) is 15.0. The van der Waals surface area contributed by atoms with Gasteiger partial charge < -0.3 is 9.47 Å². The number of rotatable bonds is 3. The van der Waals surface area contributed by atoms with Gasteiger partial charge in [0.25, 0.3) is 0 Å². The molecule has 1 amide bonds. The van der Waals surface area contributed by atoms with E-state index in [1.807, 2.05) is 17.9 Å². The lowest BCUT2D eigenvalue weighted by atomic mass is 9.93. The summed E-state index contributed by atoms with van der Waals surface area (Å²) < 4.78 is 2.05. The number of amides is 1. The molecule has 0 saturated carbocycles. The molecule has 4 rings (SSSR count). The smallest absolute Gasteiger partial charge is 0.233 e. The van der Waals surface area contributed by atoms with E-state index in [9.17, 15) is 4.79 Å². The maximum atomic E-state index is 13.3. The molecule has 2 aromatic heterocycles. The van der Waals surface area contributed by atoms with Gasteiger partial charge in [-0.05, 0) is 41.1 Å². The molecular formula is C19H26N4OS. The number of aromatic nitrogens is 2. The van der Waals surface area contributed by atoms with Gasteiger partial charge in [0.15, 0.2) is 0 Å². The molecule has 0 bridgehead atoms. The topological polar surface area (TPSA) is 41.4 Å². The van der Waals surface area contributed by atoms with E-state index in [4.69, 9.17) is 0 Å². The van der Waals surface area contributed by atoms with Gasteiger partial charge in [0, 0.05) is 39.8 Å². The number of aryl methyl sites for hydroxylation is 1. The van der Waals surface area contributed by atoms with Gasteiger partial charge in [-0.1, -0.05) is 6.92 Å². The van der Waals surface area contributed by atoms with Crippen LogP contribution in [0.1, 0.15) is 42.6 Å². The number of hydrogen-bond donors (Lipinski definition) is 0. The first-order valence-corrected chi connectivity index (χ1v) is 10.1. The molecule has 0 aromatic carbocycles. The largest absolute Gasteiger partial charge is 0.342 e. The summed E-state index contributed by atoms with van der Waals surface area (Å²) in [6, 6.07) is 2.17. The van der Waals surface area contributed by atoms with Crippen molar-refractivity contribution in [2.45, 2.75) is 38.8 Å². The van der Waals surface area contributed by atoms with E-state index in [2.05, 4.69) is 38.5 Å². The summed E-state index contributed by atoms with van der Waals surface area (Å²) in [4.78, 5) is 22.3. The predicted molar refractivity (Wildman–Crippen MR) is 99.4 cm³/mol. The Hall–Kier alpha value is -1.66. The van der Waals surface area contributed by atoms with Crippen LogP contribution in [0.4, 0.5) is 0 Å². The second kappa shape index (κ2) is 6.92. The SMILES string of the molecule is CC1CCN(C(=O)C2CN(Cc3ccsc3)Cc3ncn(C)c32)CC1. The lowest BCUT2D eigenvalue weighted by Crippen LogP contribution is -2.46. The maximum absolute atomic E-state index is 13.3. The van der Waals surface area contributed by atoms with Gasteiger partial charge in [0.2, 0.25) is 5.91 Å². The molecule has 6 heteroatoms. The van der Waals surface area contributed by atoms with E-state index in [1.165, 1.54) is 5.56 Å². The summed E-state index contributed by atoms with van der Waals surface area (Å²) in [5, 5.41) is 4.31. The summed E-state index contributed by atoms with van der Waals surface area (Å²) in [5.74, 6) is 0.924. The van der Waals surface area contributed by atoms with Crippen molar-refractivity contribution >= 4 is 17.2 Å². The van der Waals surface area contributed by atoms with E-state index in [0.29, 0.717) is 0 Å². The molecule has 2 aliphatic heterocycles. The van der Waals surface area contributed by atoms with Crippen molar-refractivity contribution in [3.05, 3.63) is 40.1 Å². The van der Waals surface area contributed by atoms with Gasteiger partial charge in [-0.15, -0.1) is 0 Å². The number of likely N-dealkylation sites (tertiary alicyclic amines) is 1. The Morgan fingerprint density at radius 3 is 2.88 bits per heavy atom. The second-order valence-electron chi connectivity index (χ2n) is 7.55. The van der Waals surface area contributed by atoms with Gasteiger partial charge in [-0.25, -0.2) is 4.98 Å². The zero-order valence-corrected chi connectivity index (χ0v) is 15.8. The predicted octanol–water partition coefficient (Wildman–Crippen LogP) is 2.84. The molecule has 1 fully saturated rings. The molecule has 134 valence electrons. The standard InChI is InChI=1S/C19H26N4OS/c1-14-3-6-23(7-4-14)19(24)16-10-22(9-15-5-8-25-12-15)11-17-18(16)21(2)13-20-17/h5,8,12-14,16H,3-4,6-7,9-11H2,1-2H3. The summed E-state index contributed by atoms with van der Waals surface area (Å²) in [5.41, 5.74) is 3.50. The third-order valence-electron chi connectivity index (χ3n) is 5.59. The average Bonchev–Trinajstić information content (AvgIpc) is 3.25. The zero-order chi connectivity index (χ0) is 17.4. The van der Waals surface area contributed by atoms with Crippen LogP contribution in [-0.4, -0.2) is 44.9 Å². The molecule has 5 nitrogen and oxygen atoms in total. The number of carbonyl (C=O) groups is 1. The minimum atomic E-state index is -0.0942. The summed E-state index contributed by atoms with van der Waals surface area (Å²) in [7, 11) is 2.01. The highest BCUT2D eigenvalue weighted by atomic mass is 32.1. The second-order valence-corrected chi connectivity index (χ2v) is 8.33. The molecule has 2 aromatic rings. The Kier molecular flexibility index (Phi) is 4.65. The molecule has 0 spiro atoms.